The Hall–Kier alpha value is -1.26. The molecule has 0 aliphatic carbocycles. The second-order valence-electron chi connectivity index (χ2n) is 6.43. The van der Waals surface area contributed by atoms with Crippen molar-refractivity contribution in [1.82, 2.24) is 14.9 Å². The van der Waals surface area contributed by atoms with Crippen molar-refractivity contribution in [3.8, 4) is 0 Å². The minimum Gasteiger partial charge on any atom is -0.309 e. The zero-order chi connectivity index (χ0) is 15.5. The molecule has 2 aromatic rings. The standard InChI is InChI=1S/C17H25N3S/c1-6-7-14-16(21-20-19-14)15(18-5)12-8-10-13(11-9-12)17(2,3)4/h8-11,15,18H,6-7H2,1-5H3. The monoisotopic (exact) mass is 303 g/mol. The van der Waals surface area contributed by atoms with Crippen molar-refractivity contribution in [2.45, 2.75) is 52.0 Å². The van der Waals surface area contributed by atoms with Gasteiger partial charge in [0.2, 0.25) is 0 Å². The Morgan fingerprint density at radius 1 is 1.19 bits per heavy atom. The molecule has 1 heterocycles. The van der Waals surface area contributed by atoms with Crippen molar-refractivity contribution in [2.24, 2.45) is 0 Å². The number of nitrogens with one attached hydrogen (secondary N) is 1. The third kappa shape index (κ3) is 3.69. The quantitative estimate of drug-likeness (QED) is 0.903. The second-order valence-corrected chi connectivity index (χ2v) is 7.21. The minimum absolute atomic E-state index is 0.181. The van der Waals surface area contributed by atoms with Crippen LogP contribution in [0.15, 0.2) is 24.3 Å². The number of nitrogens with zero attached hydrogens (tertiary/aromatic N) is 2. The van der Waals surface area contributed by atoms with Crippen LogP contribution in [0.3, 0.4) is 0 Å². The van der Waals surface area contributed by atoms with Crippen LogP contribution in [0.25, 0.3) is 0 Å². The predicted octanol–water partition coefficient (Wildman–Crippen LogP) is 4.10. The van der Waals surface area contributed by atoms with Gasteiger partial charge in [-0.3, -0.25) is 0 Å². The molecule has 114 valence electrons. The average molecular weight is 303 g/mol. The van der Waals surface area contributed by atoms with Gasteiger partial charge in [0, 0.05) is 0 Å². The molecule has 1 aromatic carbocycles. The third-order valence-electron chi connectivity index (χ3n) is 3.73. The fourth-order valence-electron chi connectivity index (χ4n) is 2.47. The number of aromatic nitrogens is 2. The number of rotatable bonds is 5. The van der Waals surface area contributed by atoms with Gasteiger partial charge in [-0.05, 0) is 41.5 Å². The number of hydrogen-bond acceptors (Lipinski definition) is 4. The maximum atomic E-state index is 4.29. The summed E-state index contributed by atoms with van der Waals surface area (Å²) >= 11 is 1.50. The first-order valence-electron chi connectivity index (χ1n) is 7.56. The Balaban J connectivity index is 2.31. The molecule has 2 rings (SSSR count). The Kier molecular flexibility index (Phi) is 5.12. The van der Waals surface area contributed by atoms with Gasteiger partial charge in [-0.25, -0.2) is 0 Å². The van der Waals surface area contributed by atoms with E-state index in [0.717, 1.165) is 18.5 Å². The first kappa shape index (κ1) is 16.1. The molecule has 1 unspecified atom stereocenters. The Bertz CT molecular complexity index is 566. The van der Waals surface area contributed by atoms with Gasteiger partial charge in [-0.1, -0.05) is 62.9 Å². The van der Waals surface area contributed by atoms with Crippen molar-refractivity contribution in [3.05, 3.63) is 46.0 Å². The first-order chi connectivity index (χ1) is 9.97. The van der Waals surface area contributed by atoms with E-state index in [4.69, 9.17) is 0 Å². The Morgan fingerprint density at radius 3 is 2.38 bits per heavy atom. The molecule has 4 heteroatoms. The summed E-state index contributed by atoms with van der Waals surface area (Å²) < 4.78 is 4.14. The van der Waals surface area contributed by atoms with Gasteiger partial charge in [0.25, 0.3) is 0 Å². The molecule has 0 bridgehead atoms. The summed E-state index contributed by atoms with van der Waals surface area (Å²) in [4.78, 5) is 1.24. The van der Waals surface area contributed by atoms with E-state index in [2.05, 4.69) is 66.9 Å². The van der Waals surface area contributed by atoms with Crippen LogP contribution in [0.1, 0.15) is 61.9 Å². The molecule has 1 atom stereocenters. The fraction of sp³-hybridized carbons (Fsp3) is 0.529. The zero-order valence-electron chi connectivity index (χ0n) is 13.6. The summed E-state index contributed by atoms with van der Waals surface area (Å²) in [6.07, 6.45) is 2.09. The first-order valence-corrected chi connectivity index (χ1v) is 8.33. The van der Waals surface area contributed by atoms with Crippen LogP contribution >= 0.6 is 11.5 Å². The van der Waals surface area contributed by atoms with E-state index < -0.39 is 0 Å². The third-order valence-corrected chi connectivity index (χ3v) is 4.56. The molecular formula is C17H25N3S. The molecule has 0 spiro atoms. The molecule has 3 nitrogen and oxygen atoms in total. The molecule has 0 saturated heterocycles. The molecule has 0 saturated carbocycles. The van der Waals surface area contributed by atoms with Gasteiger partial charge in [0.05, 0.1) is 16.6 Å². The topological polar surface area (TPSA) is 37.8 Å². The maximum Gasteiger partial charge on any atom is 0.0807 e. The molecule has 0 radical (unpaired) electrons. The minimum atomic E-state index is 0.181. The lowest BCUT2D eigenvalue weighted by molar-refractivity contribution is 0.589. The van der Waals surface area contributed by atoms with Crippen molar-refractivity contribution in [1.29, 1.82) is 0 Å². The van der Waals surface area contributed by atoms with Crippen LogP contribution in [0.5, 0.6) is 0 Å². The van der Waals surface area contributed by atoms with Crippen LogP contribution in [-0.2, 0) is 11.8 Å². The summed E-state index contributed by atoms with van der Waals surface area (Å²) in [7, 11) is 2.00. The highest BCUT2D eigenvalue weighted by molar-refractivity contribution is 7.05. The lowest BCUT2D eigenvalue weighted by atomic mass is 9.86. The van der Waals surface area contributed by atoms with Crippen molar-refractivity contribution < 1.29 is 0 Å². The van der Waals surface area contributed by atoms with Gasteiger partial charge in [0.15, 0.2) is 0 Å². The predicted molar refractivity (Wildman–Crippen MR) is 89.9 cm³/mol. The molecule has 21 heavy (non-hydrogen) atoms. The second kappa shape index (κ2) is 6.67. The number of benzene rings is 1. The Labute approximate surface area is 132 Å². The zero-order valence-corrected chi connectivity index (χ0v) is 14.4. The van der Waals surface area contributed by atoms with Gasteiger partial charge >= 0.3 is 0 Å². The van der Waals surface area contributed by atoms with Crippen LogP contribution < -0.4 is 5.32 Å². The lowest BCUT2D eigenvalue weighted by Crippen LogP contribution is -2.18. The molecule has 0 aliphatic rings. The summed E-state index contributed by atoms with van der Waals surface area (Å²) in [5, 5.41) is 7.69. The summed E-state index contributed by atoms with van der Waals surface area (Å²) in [5.41, 5.74) is 3.94. The van der Waals surface area contributed by atoms with Gasteiger partial charge in [-0.2, -0.15) is 0 Å². The number of aryl methyl sites for hydroxylation is 1. The van der Waals surface area contributed by atoms with E-state index in [1.165, 1.54) is 27.5 Å². The van der Waals surface area contributed by atoms with E-state index in [-0.39, 0.29) is 11.5 Å². The van der Waals surface area contributed by atoms with Crippen LogP contribution in [0.2, 0.25) is 0 Å². The van der Waals surface area contributed by atoms with Gasteiger partial charge in [0.1, 0.15) is 0 Å². The fourth-order valence-corrected chi connectivity index (χ4v) is 3.30. The van der Waals surface area contributed by atoms with E-state index in [0.29, 0.717) is 0 Å². The van der Waals surface area contributed by atoms with Crippen molar-refractivity contribution in [2.75, 3.05) is 7.05 Å². The SMILES string of the molecule is CCCc1nnsc1C(NC)c1ccc(C(C)(C)C)cc1. The molecular weight excluding hydrogens is 278 g/mol. The molecule has 1 aromatic heterocycles. The highest BCUT2D eigenvalue weighted by Crippen LogP contribution is 2.29. The Morgan fingerprint density at radius 2 is 1.86 bits per heavy atom. The van der Waals surface area contributed by atoms with Gasteiger partial charge in [-0.15, -0.1) is 5.10 Å². The normalized spacial score (nSPS) is 13.4. The summed E-state index contributed by atoms with van der Waals surface area (Å²) in [6, 6.07) is 9.08. The van der Waals surface area contributed by atoms with E-state index in [1.807, 2.05) is 7.05 Å². The maximum absolute atomic E-state index is 4.29. The highest BCUT2D eigenvalue weighted by Gasteiger charge is 2.20. The largest absolute Gasteiger partial charge is 0.309 e. The molecule has 0 amide bonds. The highest BCUT2D eigenvalue weighted by atomic mass is 32.1. The van der Waals surface area contributed by atoms with E-state index in [9.17, 15) is 0 Å². The summed E-state index contributed by atoms with van der Waals surface area (Å²) in [6.45, 7) is 8.90. The lowest BCUT2D eigenvalue weighted by Gasteiger charge is -2.21. The van der Waals surface area contributed by atoms with Crippen LogP contribution in [-0.4, -0.2) is 16.6 Å². The van der Waals surface area contributed by atoms with Crippen molar-refractivity contribution in [3.63, 3.8) is 0 Å². The van der Waals surface area contributed by atoms with E-state index in [1.54, 1.807) is 0 Å². The van der Waals surface area contributed by atoms with Crippen LogP contribution in [0.4, 0.5) is 0 Å². The number of hydrogen-bond donors (Lipinski definition) is 1. The smallest absolute Gasteiger partial charge is 0.0807 e. The summed E-state index contributed by atoms with van der Waals surface area (Å²) in [5.74, 6) is 0. The molecule has 0 fully saturated rings. The molecule has 0 aliphatic heterocycles. The van der Waals surface area contributed by atoms with Gasteiger partial charge < -0.3 is 5.32 Å². The van der Waals surface area contributed by atoms with E-state index >= 15 is 0 Å². The average Bonchev–Trinajstić information content (AvgIpc) is 2.88. The molecule has 1 N–H and O–H groups in total. The van der Waals surface area contributed by atoms with Crippen LogP contribution in [0, 0.1) is 0 Å². The van der Waals surface area contributed by atoms with Crippen molar-refractivity contribution >= 4 is 11.5 Å².